The van der Waals surface area contributed by atoms with E-state index in [9.17, 15) is 0 Å². The second kappa shape index (κ2) is 5.23. The lowest BCUT2D eigenvalue weighted by atomic mass is 9.80. The largest absolute Gasteiger partial charge is 0.403 e. The minimum Gasteiger partial charge on any atom is -0.403 e. The molecule has 0 aromatic heterocycles. The van der Waals surface area contributed by atoms with Crippen LogP contribution in [0.25, 0.3) is 0 Å². The summed E-state index contributed by atoms with van der Waals surface area (Å²) in [4.78, 5) is 4.58. The molecule has 0 amide bonds. The van der Waals surface area contributed by atoms with Crippen molar-refractivity contribution in [3.8, 4) is 0 Å². The first-order valence-corrected chi connectivity index (χ1v) is 6.10. The summed E-state index contributed by atoms with van der Waals surface area (Å²) in [5.41, 5.74) is 13.7. The van der Waals surface area contributed by atoms with Gasteiger partial charge in [0.1, 0.15) is 0 Å². The number of allylic oxidation sites excluding steroid dienone is 1. The number of nitrogens with zero attached hydrogens (tertiary/aromatic N) is 1. The number of benzene rings is 1. The maximum atomic E-state index is 5.88. The summed E-state index contributed by atoms with van der Waals surface area (Å²) in [5, 5.41) is 0.705. The molecule has 2 rings (SSSR count). The summed E-state index contributed by atoms with van der Waals surface area (Å²) in [6.07, 6.45) is 4.94. The van der Waals surface area contributed by atoms with Crippen molar-refractivity contribution in [3.63, 3.8) is 0 Å². The highest BCUT2D eigenvalue weighted by Gasteiger charge is 2.24. The molecule has 1 aliphatic carbocycles. The Labute approximate surface area is 106 Å². The van der Waals surface area contributed by atoms with Gasteiger partial charge < -0.3 is 11.5 Å². The molecule has 0 aliphatic heterocycles. The molecule has 1 aromatic rings. The van der Waals surface area contributed by atoms with Crippen molar-refractivity contribution in [3.05, 3.63) is 41.2 Å². The molecule has 0 unspecified atom stereocenters. The maximum absolute atomic E-state index is 5.88. The van der Waals surface area contributed by atoms with Crippen molar-refractivity contribution in [1.29, 1.82) is 0 Å². The van der Waals surface area contributed by atoms with Gasteiger partial charge in [0.25, 0.3) is 0 Å². The fourth-order valence-corrected chi connectivity index (χ4v) is 1.94. The van der Waals surface area contributed by atoms with E-state index in [1.54, 1.807) is 0 Å². The van der Waals surface area contributed by atoms with Gasteiger partial charge >= 0.3 is 0 Å². The number of aliphatic imine (C=N–C) groups is 1. The van der Waals surface area contributed by atoms with Gasteiger partial charge in [0.05, 0.1) is 17.1 Å². The summed E-state index contributed by atoms with van der Waals surface area (Å²) < 4.78 is 0. The summed E-state index contributed by atoms with van der Waals surface area (Å²) in [7, 11) is 0. The fourth-order valence-electron chi connectivity index (χ4n) is 1.81. The minimum atomic E-state index is 0.450. The van der Waals surface area contributed by atoms with Gasteiger partial charge in [-0.1, -0.05) is 18.0 Å². The van der Waals surface area contributed by atoms with Gasteiger partial charge in [-0.2, -0.15) is 0 Å². The number of halogens is 1. The SMILES string of the molecule is NC=C(N)C(=Nc1ccc(Cl)cc1)C1CCC1. The molecule has 0 heterocycles. The van der Waals surface area contributed by atoms with E-state index in [0.29, 0.717) is 16.6 Å². The average molecular weight is 250 g/mol. The number of hydrogen-bond donors (Lipinski definition) is 2. The van der Waals surface area contributed by atoms with Crippen molar-refractivity contribution in [1.82, 2.24) is 0 Å². The van der Waals surface area contributed by atoms with Crippen molar-refractivity contribution in [2.75, 3.05) is 0 Å². The van der Waals surface area contributed by atoms with Gasteiger partial charge in [0.15, 0.2) is 0 Å². The summed E-state index contributed by atoms with van der Waals surface area (Å²) in [5.74, 6) is 0.450. The van der Waals surface area contributed by atoms with Crippen LogP contribution in [0, 0.1) is 5.92 Å². The third-order valence-corrected chi connectivity index (χ3v) is 3.30. The normalized spacial score (nSPS) is 17.9. The molecule has 1 saturated carbocycles. The van der Waals surface area contributed by atoms with Gasteiger partial charge in [-0.3, -0.25) is 4.99 Å². The summed E-state index contributed by atoms with van der Waals surface area (Å²) in [6.45, 7) is 0. The van der Waals surface area contributed by atoms with Gasteiger partial charge in [-0.05, 0) is 37.1 Å². The lowest BCUT2D eigenvalue weighted by molar-refractivity contribution is 0.413. The summed E-state index contributed by atoms with van der Waals surface area (Å²) in [6, 6.07) is 7.40. The topological polar surface area (TPSA) is 64.4 Å². The highest BCUT2D eigenvalue weighted by Crippen LogP contribution is 2.31. The Morgan fingerprint density at radius 1 is 1.29 bits per heavy atom. The highest BCUT2D eigenvalue weighted by molar-refractivity contribution is 6.30. The smallest absolute Gasteiger partial charge is 0.0693 e. The van der Waals surface area contributed by atoms with E-state index in [-0.39, 0.29) is 0 Å². The lowest BCUT2D eigenvalue weighted by Crippen LogP contribution is -2.27. The van der Waals surface area contributed by atoms with E-state index in [2.05, 4.69) is 4.99 Å². The summed E-state index contributed by atoms with van der Waals surface area (Å²) >= 11 is 5.83. The Balaban J connectivity index is 2.28. The van der Waals surface area contributed by atoms with Gasteiger partial charge in [0.2, 0.25) is 0 Å². The van der Waals surface area contributed by atoms with Crippen molar-refractivity contribution < 1.29 is 0 Å². The third kappa shape index (κ3) is 2.80. The van der Waals surface area contributed by atoms with E-state index in [4.69, 9.17) is 23.1 Å². The Morgan fingerprint density at radius 3 is 2.41 bits per heavy atom. The molecule has 1 fully saturated rings. The van der Waals surface area contributed by atoms with E-state index in [0.717, 1.165) is 24.2 Å². The van der Waals surface area contributed by atoms with Gasteiger partial charge in [-0.25, -0.2) is 0 Å². The molecule has 1 aromatic carbocycles. The molecule has 0 radical (unpaired) electrons. The van der Waals surface area contributed by atoms with Crippen LogP contribution in [-0.2, 0) is 0 Å². The molecule has 4 N–H and O–H groups in total. The molecule has 0 spiro atoms. The Kier molecular flexibility index (Phi) is 3.69. The van der Waals surface area contributed by atoms with Crippen molar-refractivity contribution >= 4 is 23.0 Å². The van der Waals surface area contributed by atoms with Crippen LogP contribution >= 0.6 is 11.6 Å². The maximum Gasteiger partial charge on any atom is 0.0693 e. The molecule has 4 heteroatoms. The molecule has 17 heavy (non-hydrogen) atoms. The molecule has 3 nitrogen and oxygen atoms in total. The zero-order valence-corrected chi connectivity index (χ0v) is 10.3. The molecule has 0 atom stereocenters. The first-order valence-electron chi connectivity index (χ1n) is 5.72. The van der Waals surface area contributed by atoms with Crippen LogP contribution in [0.3, 0.4) is 0 Å². The first-order chi connectivity index (χ1) is 8.20. The Bertz CT molecular complexity index is 444. The molecular weight excluding hydrogens is 234 g/mol. The van der Waals surface area contributed by atoms with Crippen LogP contribution in [0.2, 0.25) is 5.02 Å². The zero-order valence-electron chi connectivity index (χ0n) is 9.57. The Morgan fingerprint density at radius 2 is 1.94 bits per heavy atom. The van der Waals surface area contributed by atoms with Crippen LogP contribution in [-0.4, -0.2) is 5.71 Å². The van der Waals surface area contributed by atoms with E-state index >= 15 is 0 Å². The molecule has 1 aliphatic rings. The number of rotatable bonds is 3. The molecule has 0 saturated heterocycles. The van der Waals surface area contributed by atoms with Crippen LogP contribution in [0.5, 0.6) is 0 Å². The van der Waals surface area contributed by atoms with Gasteiger partial charge in [-0.15, -0.1) is 0 Å². The highest BCUT2D eigenvalue weighted by atomic mass is 35.5. The van der Waals surface area contributed by atoms with Crippen LogP contribution in [0.15, 0.2) is 41.2 Å². The van der Waals surface area contributed by atoms with E-state index in [1.165, 1.54) is 12.6 Å². The standard InChI is InChI=1S/C13H16ClN3/c14-10-4-6-11(7-5-10)17-13(12(16)8-15)9-2-1-3-9/h4-9H,1-3,15-16H2. The second-order valence-corrected chi connectivity index (χ2v) is 4.66. The first kappa shape index (κ1) is 12.0. The fraction of sp³-hybridized carbons (Fsp3) is 0.308. The van der Waals surface area contributed by atoms with E-state index < -0.39 is 0 Å². The van der Waals surface area contributed by atoms with Crippen molar-refractivity contribution in [2.24, 2.45) is 22.4 Å². The van der Waals surface area contributed by atoms with Crippen LogP contribution in [0.4, 0.5) is 5.69 Å². The Hall–Kier alpha value is -1.48. The monoisotopic (exact) mass is 249 g/mol. The lowest BCUT2D eigenvalue weighted by Gasteiger charge is -2.27. The number of nitrogens with two attached hydrogens (primary N) is 2. The van der Waals surface area contributed by atoms with Crippen LogP contribution in [0.1, 0.15) is 19.3 Å². The molecule has 0 bridgehead atoms. The van der Waals surface area contributed by atoms with Crippen molar-refractivity contribution in [2.45, 2.75) is 19.3 Å². The molecular formula is C13H16ClN3. The predicted octanol–water partition coefficient (Wildman–Crippen LogP) is 2.97. The quantitative estimate of drug-likeness (QED) is 0.809. The average Bonchev–Trinajstić information content (AvgIpc) is 2.27. The molecule has 90 valence electrons. The third-order valence-electron chi connectivity index (χ3n) is 3.04. The van der Waals surface area contributed by atoms with Gasteiger partial charge in [0, 0.05) is 17.1 Å². The zero-order chi connectivity index (χ0) is 12.3. The predicted molar refractivity (Wildman–Crippen MR) is 72.3 cm³/mol. The number of hydrogen-bond acceptors (Lipinski definition) is 3. The second-order valence-electron chi connectivity index (χ2n) is 4.22. The van der Waals surface area contributed by atoms with E-state index in [1.807, 2.05) is 24.3 Å². The van der Waals surface area contributed by atoms with Crippen LogP contribution < -0.4 is 11.5 Å². The minimum absolute atomic E-state index is 0.450.